The highest BCUT2D eigenvalue weighted by atomic mass is 79.9. The summed E-state index contributed by atoms with van der Waals surface area (Å²) in [4.78, 5) is 17.5. The fourth-order valence-corrected chi connectivity index (χ4v) is 3.57. The highest BCUT2D eigenvalue weighted by molar-refractivity contribution is 9.10. The summed E-state index contributed by atoms with van der Waals surface area (Å²) in [6.07, 6.45) is 2.08. The van der Waals surface area contributed by atoms with Crippen molar-refractivity contribution < 1.29 is 13.9 Å². The van der Waals surface area contributed by atoms with Crippen LogP contribution < -0.4 is 10.9 Å². The molecule has 1 aliphatic heterocycles. The third-order valence-electron chi connectivity index (χ3n) is 4.73. The largest absolute Gasteiger partial charge is 0.438 e. The summed E-state index contributed by atoms with van der Waals surface area (Å²) in [5, 5.41) is 3.79. The molecule has 0 spiro atoms. The normalized spacial score (nSPS) is 17.2. The summed E-state index contributed by atoms with van der Waals surface area (Å²) in [6.45, 7) is 3.26. The topological polar surface area (TPSA) is 63.8 Å². The minimum atomic E-state index is -0.216. The number of carbonyl (C=O) groups excluding carboxylic acids is 1. The number of nitrogens with zero attached hydrogens (tertiary/aromatic N) is 1. The summed E-state index contributed by atoms with van der Waals surface area (Å²) in [5.74, 6) is -0.216. The van der Waals surface area contributed by atoms with Gasteiger partial charge in [-0.15, -0.1) is 0 Å². The molecule has 0 unspecified atom stereocenters. The lowest BCUT2D eigenvalue weighted by atomic mass is 10.1. The highest BCUT2D eigenvalue weighted by Crippen LogP contribution is 2.20. The van der Waals surface area contributed by atoms with Gasteiger partial charge in [0.15, 0.2) is 0 Å². The zero-order valence-electron chi connectivity index (χ0n) is 15.6. The number of amides is 1. The lowest BCUT2D eigenvalue weighted by Gasteiger charge is -2.11. The minimum absolute atomic E-state index is 0.0768. The van der Waals surface area contributed by atoms with Crippen molar-refractivity contribution in [2.75, 3.05) is 13.2 Å². The van der Waals surface area contributed by atoms with E-state index in [0.717, 1.165) is 40.6 Å². The molecule has 1 N–H and O–H groups in total. The number of hydrogen-bond acceptors (Lipinski definition) is 4. The van der Waals surface area contributed by atoms with E-state index in [4.69, 9.17) is 9.15 Å². The highest BCUT2D eigenvalue weighted by Gasteiger charge is 2.18. The van der Waals surface area contributed by atoms with Gasteiger partial charge in [0.25, 0.3) is 5.91 Å². The van der Waals surface area contributed by atoms with Crippen LogP contribution in [-0.4, -0.2) is 25.2 Å². The molecule has 4 rings (SSSR count). The van der Waals surface area contributed by atoms with Gasteiger partial charge in [-0.05, 0) is 56.2 Å². The average molecular weight is 441 g/mol. The van der Waals surface area contributed by atoms with Gasteiger partial charge in [0.2, 0.25) is 5.55 Å². The number of aryl methyl sites for hydroxylation is 1. The van der Waals surface area contributed by atoms with E-state index in [2.05, 4.69) is 26.2 Å². The SMILES string of the molecule is Cc1ccc(N=c2oc3ccc(Br)cc3cc2C(=O)NC[C@H]2CCCO2)cc1. The molecule has 144 valence electrons. The van der Waals surface area contributed by atoms with Crippen LogP contribution in [0, 0.1) is 6.92 Å². The second kappa shape index (κ2) is 8.29. The molecule has 1 aliphatic rings. The van der Waals surface area contributed by atoms with E-state index in [1.165, 1.54) is 0 Å². The summed E-state index contributed by atoms with van der Waals surface area (Å²) < 4.78 is 12.5. The lowest BCUT2D eigenvalue weighted by Crippen LogP contribution is -2.34. The van der Waals surface area contributed by atoms with Crippen molar-refractivity contribution >= 4 is 38.5 Å². The molecule has 5 nitrogen and oxygen atoms in total. The van der Waals surface area contributed by atoms with Gasteiger partial charge in [-0.25, -0.2) is 4.99 Å². The van der Waals surface area contributed by atoms with Gasteiger partial charge < -0.3 is 14.5 Å². The summed E-state index contributed by atoms with van der Waals surface area (Å²) in [6, 6.07) is 15.3. The van der Waals surface area contributed by atoms with Crippen molar-refractivity contribution in [2.24, 2.45) is 4.99 Å². The quantitative estimate of drug-likeness (QED) is 0.642. The van der Waals surface area contributed by atoms with Gasteiger partial charge >= 0.3 is 0 Å². The number of carbonyl (C=O) groups is 1. The number of fused-ring (bicyclic) bond motifs is 1. The van der Waals surface area contributed by atoms with Gasteiger partial charge in [0, 0.05) is 23.0 Å². The Morgan fingerprint density at radius 1 is 1.21 bits per heavy atom. The van der Waals surface area contributed by atoms with Crippen molar-refractivity contribution in [3.8, 4) is 0 Å². The van der Waals surface area contributed by atoms with Crippen LogP contribution >= 0.6 is 15.9 Å². The third-order valence-corrected chi connectivity index (χ3v) is 5.23. The standard InChI is InChI=1S/C22H21BrN2O3/c1-14-4-7-17(8-5-14)25-22-19(21(26)24-13-18-3-2-10-27-18)12-15-11-16(23)6-9-20(15)28-22/h4-9,11-12,18H,2-3,10,13H2,1H3,(H,24,26)/t18-/m1/s1. The fourth-order valence-electron chi connectivity index (χ4n) is 3.19. The summed E-state index contributed by atoms with van der Waals surface area (Å²) in [7, 11) is 0. The molecule has 1 aromatic heterocycles. The maximum absolute atomic E-state index is 12.9. The van der Waals surface area contributed by atoms with Crippen molar-refractivity contribution in [3.63, 3.8) is 0 Å². The third kappa shape index (κ3) is 4.34. The number of halogens is 1. The van der Waals surface area contributed by atoms with Gasteiger partial charge in [0.1, 0.15) is 11.1 Å². The Labute approximate surface area is 171 Å². The lowest BCUT2D eigenvalue weighted by molar-refractivity contribution is 0.0854. The van der Waals surface area contributed by atoms with Crippen LogP contribution in [0.3, 0.4) is 0 Å². The van der Waals surface area contributed by atoms with E-state index < -0.39 is 0 Å². The molecule has 28 heavy (non-hydrogen) atoms. The molecule has 0 radical (unpaired) electrons. The van der Waals surface area contributed by atoms with Gasteiger partial charge in [-0.3, -0.25) is 4.79 Å². The number of hydrogen-bond donors (Lipinski definition) is 1. The van der Waals surface area contributed by atoms with Gasteiger partial charge in [-0.2, -0.15) is 0 Å². The first-order chi connectivity index (χ1) is 13.6. The van der Waals surface area contributed by atoms with E-state index in [0.29, 0.717) is 23.2 Å². The summed E-state index contributed by atoms with van der Waals surface area (Å²) in [5.41, 5.74) is 3.25. The first kappa shape index (κ1) is 18.9. The van der Waals surface area contributed by atoms with Crippen LogP contribution in [0.1, 0.15) is 28.8 Å². The second-order valence-electron chi connectivity index (χ2n) is 6.94. The molecular weight excluding hydrogens is 420 g/mol. The Morgan fingerprint density at radius 3 is 2.79 bits per heavy atom. The van der Waals surface area contributed by atoms with Crippen molar-refractivity contribution in [1.82, 2.24) is 5.32 Å². The van der Waals surface area contributed by atoms with E-state index >= 15 is 0 Å². The molecule has 3 aromatic rings. The molecule has 1 amide bonds. The van der Waals surface area contributed by atoms with Gasteiger partial charge in [0.05, 0.1) is 11.8 Å². The average Bonchev–Trinajstić information content (AvgIpc) is 3.21. The van der Waals surface area contributed by atoms with Crippen LogP contribution in [0.2, 0.25) is 0 Å². The maximum atomic E-state index is 12.9. The van der Waals surface area contributed by atoms with Crippen LogP contribution in [-0.2, 0) is 4.74 Å². The van der Waals surface area contributed by atoms with Crippen molar-refractivity contribution in [2.45, 2.75) is 25.9 Å². The predicted molar refractivity (Wildman–Crippen MR) is 112 cm³/mol. The number of ether oxygens (including phenoxy) is 1. The Morgan fingerprint density at radius 2 is 2.04 bits per heavy atom. The number of rotatable bonds is 4. The molecule has 0 aliphatic carbocycles. The fraction of sp³-hybridized carbons (Fsp3) is 0.273. The first-order valence-corrected chi connectivity index (χ1v) is 10.1. The van der Waals surface area contributed by atoms with Crippen molar-refractivity contribution in [3.05, 3.63) is 69.7 Å². The van der Waals surface area contributed by atoms with Crippen LogP contribution in [0.4, 0.5) is 5.69 Å². The first-order valence-electron chi connectivity index (χ1n) is 9.33. The Kier molecular flexibility index (Phi) is 5.59. The molecule has 1 fully saturated rings. The van der Waals surface area contributed by atoms with Crippen LogP contribution in [0.15, 0.2) is 62.4 Å². The van der Waals surface area contributed by atoms with Gasteiger partial charge in [-0.1, -0.05) is 33.6 Å². The van der Waals surface area contributed by atoms with E-state index in [1.54, 1.807) is 0 Å². The van der Waals surface area contributed by atoms with E-state index in [-0.39, 0.29) is 12.0 Å². The molecule has 2 heterocycles. The Hall–Kier alpha value is -2.44. The molecule has 1 atom stereocenters. The number of nitrogens with one attached hydrogen (secondary N) is 1. The summed E-state index contributed by atoms with van der Waals surface area (Å²) >= 11 is 3.47. The molecule has 1 saturated heterocycles. The molecule has 2 aromatic carbocycles. The molecular formula is C22H21BrN2O3. The zero-order valence-corrected chi connectivity index (χ0v) is 17.2. The Bertz CT molecular complexity index is 1070. The molecule has 0 saturated carbocycles. The monoisotopic (exact) mass is 440 g/mol. The number of benzene rings is 2. The second-order valence-corrected chi connectivity index (χ2v) is 7.86. The molecule has 0 bridgehead atoms. The maximum Gasteiger partial charge on any atom is 0.256 e. The van der Waals surface area contributed by atoms with E-state index in [9.17, 15) is 4.79 Å². The minimum Gasteiger partial charge on any atom is -0.438 e. The molecule has 6 heteroatoms. The van der Waals surface area contributed by atoms with Crippen LogP contribution in [0.25, 0.3) is 11.0 Å². The predicted octanol–water partition coefficient (Wildman–Crippen LogP) is 4.64. The van der Waals surface area contributed by atoms with Crippen molar-refractivity contribution in [1.29, 1.82) is 0 Å². The van der Waals surface area contributed by atoms with E-state index in [1.807, 2.05) is 55.5 Å². The smallest absolute Gasteiger partial charge is 0.256 e. The zero-order chi connectivity index (χ0) is 19.5. The Balaban J connectivity index is 1.74. The van der Waals surface area contributed by atoms with Crippen LogP contribution in [0.5, 0.6) is 0 Å².